The summed E-state index contributed by atoms with van der Waals surface area (Å²) in [7, 11) is 0. The maximum absolute atomic E-state index is 6.59. The number of benzene rings is 4. The van der Waals surface area contributed by atoms with Gasteiger partial charge in [0.25, 0.3) is 0 Å². The van der Waals surface area contributed by atoms with Gasteiger partial charge in [0.2, 0.25) is 0 Å². The van der Waals surface area contributed by atoms with E-state index in [1.165, 1.54) is 37.0 Å². The number of fused-ring (bicyclic) bond motifs is 6. The number of rotatable bonds is 0. The second kappa shape index (κ2) is 4.94. The Morgan fingerprint density at radius 1 is 0.739 bits per heavy atom. The van der Waals surface area contributed by atoms with Crippen molar-refractivity contribution in [3.8, 4) is 0 Å². The van der Waals surface area contributed by atoms with E-state index in [0.29, 0.717) is 0 Å². The lowest BCUT2D eigenvalue weighted by Gasteiger charge is -2.04. The summed E-state index contributed by atoms with van der Waals surface area (Å²) in [5.41, 5.74) is 0. The molecule has 1 heterocycles. The normalized spacial score (nSPS) is 11.9. The van der Waals surface area contributed by atoms with Crippen LogP contribution in [0.1, 0.15) is 0 Å². The van der Waals surface area contributed by atoms with Gasteiger partial charge in [-0.2, -0.15) is 0 Å². The monoisotopic (exact) mass is 396 g/mol. The first kappa shape index (κ1) is 13.8. The standard InChI is InChI=1S/C20H10BrClS/c21-18-14-8-4-2-5-11(14)9-15-17-13-7-3-1-6-12(13)10-16(22)20(17)23-19(15)18/h1-10H. The van der Waals surface area contributed by atoms with Gasteiger partial charge >= 0.3 is 0 Å². The summed E-state index contributed by atoms with van der Waals surface area (Å²) < 4.78 is 3.58. The summed E-state index contributed by atoms with van der Waals surface area (Å²) >= 11 is 12.2. The third kappa shape index (κ3) is 1.89. The maximum atomic E-state index is 6.59. The smallest absolute Gasteiger partial charge is 0.0591 e. The highest BCUT2D eigenvalue weighted by atomic mass is 79.9. The van der Waals surface area contributed by atoms with E-state index in [1.54, 1.807) is 11.3 Å². The first-order valence-electron chi connectivity index (χ1n) is 7.35. The molecule has 0 nitrogen and oxygen atoms in total. The van der Waals surface area contributed by atoms with Crippen molar-refractivity contribution in [2.45, 2.75) is 0 Å². The molecule has 0 radical (unpaired) electrons. The Labute approximate surface area is 150 Å². The van der Waals surface area contributed by atoms with Gasteiger partial charge in [0, 0.05) is 15.2 Å². The molecule has 23 heavy (non-hydrogen) atoms. The van der Waals surface area contributed by atoms with E-state index >= 15 is 0 Å². The van der Waals surface area contributed by atoms with E-state index in [9.17, 15) is 0 Å². The lowest BCUT2D eigenvalue weighted by molar-refractivity contribution is 1.79. The Bertz CT molecular complexity index is 1240. The second-order valence-electron chi connectivity index (χ2n) is 5.67. The van der Waals surface area contributed by atoms with E-state index in [4.69, 9.17) is 11.6 Å². The molecule has 0 fully saturated rings. The minimum atomic E-state index is 0.829. The molecule has 0 spiro atoms. The number of hydrogen-bond acceptors (Lipinski definition) is 1. The second-order valence-corrected chi connectivity index (χ2v) is 7.89. The highest BCUT2D eigenvalue weighted by molar-refractivity contribution is 9.11. The molecule has 5 rings (SSSR count). The zero-order valence-electron chi connectivity index (χ0n) is 11.9. The molecule has 0 aliphatic heterocycles. The Balaban J connectivity index is 2.14. The van der Waals surface area contributed by atoms with Crippen molar-refractivity contribution in [3.05, 3.63) is 70.2 Å². The fourth-order valence-corrected chi connectivity index (χ4v) is 5.63. The molecule has 0 atom stereocenters. The predicted molar refractivity (Wildman–Crippen MR) is 107 cm³/mol. The van der Waals surface area contributed by atoms with Crippen LogP contribution in [0.15, 0.2) is 65.1 Å². The van der Waals surface area contributed by atoms with Crippen LogP contribution in [0.5, 0.6) is 0 Å². The fourth-order valence-electron chi connectivity index (χ4n) is 3.33. The third-order valence-corrected chi connectivity index (χ3v) is 7.12. The Hall–Kier alpha value is -1.61. The van der Waals surface area contributed by atoms with Gasteiger partial charge in [-0.3, -0.25) is 0 Å². The zero-order valence-corrected chi connectivity index (χ0v) is 15.1. The van der Waals surface area contributed by atoms with Gasteiger partial charge in [0.15, 0.2) is 0 Å². The van der Waals surface area contributed by atoms with Gasteiger partial charge in [-0.25, -0.2) is 0 Å². The molecular weight excluding hydrogens is 388 g/mol. The van der Waals surface area contributed by atoms with Crippen molar-refractivity contribution < 1.29 is 0 Å². The van der Waals surface area contributed by atoms with Crippen LogP contribution >= 0.6 is 38.9 Å². The lowest BCUT2D eigenvalue weighted by atomic mass is 10.0. The highest BCUT2D eigenvalue weighted by Gasteiger charge is 2.15. The summed E-state index contributed by atoms with van der Waals surface area (Å²) in [6.45, 7) is 0. The van der Waals surface area contributed by atoms with E-state index in [0.717, 1.165) is 14.2 Å². The van der Waals surface area contributed by atoms with Crippen LogP contribution in [-0.4, -0.2) is 0 Å². The average Bonchev–Trinajstić information content (AvgIpc) is 2.96. The summed E-state index contributed by atoms with van der Waals surface area (Å²) in [5.74, 6) is 0. The van der Waals surface area contributed by atoms with Gasteiger partial charge in [-0.05, 0) is 49.6 Å². The van der Waals surface area contributed by atoms with Gasteiger partial charge in [-0.15, -0.1) is 11.3 Å². The molecule has 0 aliphatic rings. The SMILES string of the molecule is Clc1cc2ccccc2c2c1sc1c(Br)c3ccccc3cc12. The molecule has 1 aromatic heterocycles. The Kier molecular flexibility index (Phi) is 2.96. The Morgan fingerprint density at radius 3 is 2.17 bits per heavy atom. The van der Waals surface area contributed by atoms with Crippen molar-refractivity contribution >= 4 is 80.6 Å². The number of hydrogen-bond donors (Lipinski definition) is 0. The molecule has 0 N–H and O–H groups in total. The molecule has 0 amide bonds. The average molecular weight is 398 g/mol. The molecule has 0 aliphatic carbocycles. The van der Waals surface area contributed by atoms with Crippen LogP contribution in [0.4, 0.5) is 0 Å². The summed E-state index contributed by atoms with van der Waals surface area (Å²) in [6, 6.07) is 21.3. The molecule has 3 heteroatoms. The first-order valence-corrected chi connectivity index (χ1v) is 9.33. The molecule has 0 saturated carbocycles. The molecule has 5 aromatic rings. The Morgan fingerprint density at radius 2 is 1.39 bits per heavy atom. The topological polar surface area (TPSA) is 0 Å². The maximum Gasteiger partial charge on any atom is 0.0591 e. The van der Waals surface area contributed by atoms with Gasteiger partial charge in [-0.1, -0.05) is 60.1 Å². The number of thiophene rings is 1. The summed E-state index contributed by atoms with van der Waals surface area (Å²) in [4.78, 5) is 0. The quantitative estimate of drug-likeness (QED) is 0.250. The van der Waals surface area contributed by atoms with Crippen LogP contribution in [-0.2, 0) is 0 Å². The van der Waals surface area contributed by atoms with Crippen molar-refractivity contribution in [1.29, 1.82) is 0 Å². The molecule has 0 unspecified atom stereocenters. The largest absolute Gasteiger partial charge is 0.132 e. The number of halogens is 2. The van der Waals surface area contributed by atoms with Crippen molar-refractivity contribution in [3.63, 3.8) is 0 Å². The summed E-state index contributed by atoms with van der Waals surface area (Å²) in [5, 5.41) is 8.31. The molecule has 4 aromatic carbocycles. The van der Waals surface area contributed by atoms with Crippen molar-refractivity contribution in [1.82, 2.24) is 0 Å². The van der Waals surface area contributed by atoms with E-state index < -0.39 is 0 Å². The first-order chi connectivity index (χ1) is 11.2. The fraction of sp³-hybridized carbons (Fsp3) is 0. The molecular formula is C20H10BrClS. The van der Waals surface area contributed by atoms with E-state index in [1.807, 2.05) is 0 Å². The highest BCUT2D eigenvalue weighted by Crippen LogP contribution is 2.46. The van der Waals surface area contributed by atoms with Crippen molar-refractivity contribution in [2.24, 2.45) is 0 Å². The third-order valence-electron chi connectivity index (χ3n) is 4.37. The van der Waals surface area contributed by atoms with Gasteiger partial charge in [0.1, 0.15) is 0 Å². The van der Waals surface area contributed by atoms with Crippen LogP contribution in [0, 0.1) is 0 Å². The predicted octanol–water partition coefficient (Wildman–Crippen LogP) is 7.78. The minimum Gasteiger partial charge on any atom is -0.132 e. The zero-order chi connectivity index (χ0) is 15.6. The van der Waals surface area contributed by atoms with Crippen LogP contribution in [0.25, 0.3) is 41.7 Å². The van der Waals surface area contributed by atoms with E-state index in [-0.39, 0.29) is 0 Å². The van der Waals surface area contributed by atoms with Crippen LogP contribution in [0.3, 0.4) is 0 Å². The molecule has 0 bridgehead atoms. The lowest BCUT2D eigenvalue weighted by Crippen LogP contribution is -1.77. The van der Waals surface area contributed by atoms with Gasteiger partial charge < -0.3 is 0 Å². The van der Waals surface area contributed by atoms with Gasteiger partial charge in [0.05, 0.1) is 14.4 Å². The van der Waals surface area contributed by atoms with Crippen molar-refractivity contribution in [2.75, 3.05) is 0 Å². The molecule has 110 valence electrons. The molecule has 0 saturated heterocycles. The van der Waals surface area contributed by atoms with Crippen LogP contribution < -0.4 is 0 Å². The van der Waals surface area contributed by atoms with Crippen LogP contribution in [0.2, 0.25) is 5.02 Å². The van der Waals surface area contributed by atoms with E-state index in [2.05, 4.69) is 76.6 Å². The minimum absolute atomic E-state index is 0.829. The summed E-state index contributed by atoms with van der Waals surface area (Å²) in [6.07, 6.45) is 0.